The van der Waals surface area contributed by atoms with Gasteiger partial charge in [-0.3, -0.25) is 4.99 Å². The van der Waals surface area contributed by atoms with Crippen LogP contribution in [0, 0.1) is 0 Å². The number of unbranched alkanes of at least 4 members (excludes halogenated alkanes) is 4. The lowest BCUT2D eigenvalue weighted by molar-refractivity contribution is 0.281. The second-order valence-electron chi connectivity index (χ2n) is 6.63. The van der Waals surface area contributed by atoms with E-state index < -0.39 is 0 Å². The molecule has 1 N–H and O–H groups in total. The maximum Gasteiger partial charge on any atom is 0.193 e. The third-order valence-electron chi connectivity index (χ3n) is 4.08. The predicted octanol–water partition coefficient (Wildman–Crippen LogP) is 3.70. The number of nitrogens with zero attached hydrogens (tertiary/aromatic N) is 3. The van der Waals surface area contributed by atoms with Crippen LogP contribution in [0.1, 0.15) is 32.1 Å². The van der Waals surface area contributed by atoms with E-state index in [2.05, 4.69) is 34.2 Å². The highest BCUT2D eigenvalue weighted by Crippen LogP contribution is 2.07. The summed E-state index contributed by atoms with van der Waals surface area (Å²) in [6.45, 7) is 3.62. The molecule has 0 radical (unpaired) electrons. The summed E-state index contributed by atoms with van der Waals surface area (Å²) in [6.07, 6.45) is 6.40. The molecule has 0 amide bonds. The molecule has 5 nitrogen and oxygen atoms in total. The molecule has 26 heavy (non-hydrogen) atoms. The third kappa shape index (κ3) is 12.4. The Kier molecular flexibility index (Phi) is 15.5. The average molecular weight is 476 g/mol. The van der Waals surface area contributed by atoms with Crippen LogP contribution in [0.5, 0.6) is 5.75 Å². The van der Waals surface area contributed by atoms with Crippen LogP contribution in [0.25, 0.3) is 0 Å². The van der Waals surface area contributed by atoms with Gasteiger partial charge in [-0.25, -0.2) is 0 Å². The van der Waals surface area contributed by atoms with Crippen molar-refractivity contribution >= 4 is 29.9 Å². The zero-order valence-corrected chi connectivity index (χ0v) is 19.2. The van der Waals surface area contributed by atoms with Crippen molar-refractivity contribution in [1.82, 2.24) is 15.1 Å². The number of hydrogen-bond donors (Lipinski definition) is 1. The normalized spacial score (nSPS) is 11.2. The quantitative estimate of drug-likeness (QED) is 0.216. The summed E-state index contributed by atoms with van der Waals surface area (Å²) in [5.41, 5.74) is 0. The molecular formula is C20H37IN4O. The van der Waals surface area contributed by atoms with Crippen LogP contribution in [0.2, 0.25) is 0 Å². The van der Waals surface area contributed by atoms with Crippen LogP contribution in [-0.4, -0.2) is 70.2 Å². The summed E-state index contributed by atoms with van der Waals surface area (Å²) >= 11 is 0. The molecule has 1 aromatic rings. The Hall–Kier alpha value is -1.02. The maximum atomic E-state index is 5.74. The first kappa shape index (κ1) is 25.0. The van der Waals surface area contributed by atoms with Crippen molar-refractivity contribution in [2.75, 3.05) is 54.4 Å². The van der Waals surface area contributed by atoms with Gasteiger partial charge in [0.05, 0.1) is 6.54 Å². The van der Waals surface area contributed by atoms with E-state index in [9.17, 15) is 0 Å². The van der Waals surface area contributed by atoms with Gasteiger partial charge in [-0.1, -0.05) is 37.5 Å². The minimum Gasteiger partial charge on any atom is -0.492 e. The molecule has 0 aromatic heterocycles. The molecule has 0 saturated heterocycles. The largest absolute Gasteiger partial charge is 0.492 e. The summed E-state index contributed by atoms with van der Waals surface area (Å²) in [4.78, 5) is 8.71. The smallest absolute Gasteiger partial charge is 0.193 e. The number of para-hydroxylation sites is 1. The van der Waals surface area contributed by atoms with Gasteiger partial charge in [0.15, 0.2) is 5.96 Å². The SMILES string of the molecule is CN=C(NCCCCCCCN(C)C)N(C)CCOc1ccccc1.I. The number of nitrogens with one attached hydrogen (secondary N) is 1. The van der Waals surface area contributed by atoms with Gasteiger partial charge in [0, 0.05) is 20.6 Å². The summed E-state index contributed by atoms with van der Waals surface area (Å²) in [7, 11) is 8.15. The fraction of sp³-hybridized carbons (Fsp3) is 0.650. The van der Waals surface area contributed by atoms with Crippen molar-refractivity contribution in [3.05, 3.63) is 30.3 Å². The van der Waals surface area contributed by atoms with E-state index in [1.807, 2.05) is 44.4 Å². The Balaban J connectivity index is 0.00000625. The Morgan fingerprint density at radius 2 is 1.62 bits per heavy atom. The second-order valence-corrected chi connectivity index (χ2v) is 6.63. The van der Waals surface area contributed by atoms with Crippen LogP contribution in [0.15, 0.2) is 35.3 Å². The van der Waals surface area contributed by atoms with Gasteiger partial charge >= 0.3 is 0 Å². The number of ether oxygens (including phenoxy) is 1. The standard InChI is InChI=1S/C20H36N4O.HI/c1-21-20(22-15-11-6-5-7-12-16-23(2)3)24(4)17-18-25-19-13-9-8-10-14-19;/h8-10,13-14H,5-7,11-12,15-18H2,1-4H3,(H,21,22);1H. The number of guanidine groups is 1. The molecule has 0 atom stereocenters. The summed E-state index contributed by atoms with van der Waals surface area (Å²) in [5.74, 6) is 1.84. The molecule has 0 unspecified atom stereocenters. The van der Waals surface area contributed by atoms with Crippen molar-refractivity contribution in [2.45, 2.75) is 32.1 Å². The van der Waals surface area contributed by atoms with Crippen LogP contribution in [-0.2, 0) is 0 Å². The number of benzene rings is 1. The Morgan fingerprint density at radius 1 is 0.962 bits per heavy atom. The summed E-state index contributed by atoms with van der Waals surface area (Å²) in [5, 5.41) is 3.44. The molecule has 1 rings (SSSR count). The van der Waals surface area contributed by atoms with Gasteiger partial charge in [-0.05, 0) is 45.6 Å². The van der Waals surface area contributed by atoms with E-state index in [4.69, 9.17) is 4.74 Å². The van der Waals surface area contributed by atoms with Gasteiger partial charge in [0.2, 0.25) is 0 Å². The fourth-order valence-corrected chi connectivity index (χ4v) is 2.59. The highest BCUT2D eigenvalue weighted by Gasteiger charge is 2.05. The second kappa shape index (κ2) is 16.2. The van der Waals surface area contributed by atoms with Gasteiger partial charge in [0.1, 0.15) is 12.4 Å². The zero-order chi connectivity index (χ0) is 18.3. The Labute approximate surface area is 177 Å². The lowest BCUT2D eigenvalue weighted by Crippen LogP contribution is -2.41. The molecule has 1 aromatic carbocycles. The van der Waals surface area contributed by atoms with Crippen LogP contribution >= 0.6 is 24.0 Å². The van der Waals surface area contributed by atoms with Gasteiger partial charge in [-0.15, -0.1) is 24.0 Å². The molecule has 0 fully saturated rings. The van der Waals surface area contributed by atoms with E-state index in [1.54, 1.807) is 0 Å². The lowest BCUT2D eigenvalue weighted by atomic mass is 10.1. The van der Waals surface area contributed by atoms with E-state index >= 15 is 0 Å². The fourth-order valence-electron chi connectivity index (χ4n) is 2.59. The molecular weight excluding hydrogens is 439 g/mol. The molecule has 0 saturated carbocycles. The van der Waals surface area contributed by atoms with Gasteiger partial charge < -0.3 is 19.9 Å². The molecule has 6 heteroatoms. The zero-order valence-electron chi connectivity index (χ0n) is 16.9. The number of halogens is 1. The number of likely N-dealkylation sites (N-methyl/N-ethyl adjacent to an activating group) is 1. The Bertz CT molecular complexity index is 468. The first-order valence-corrected chi connectivity index (χ1v) is 9.38. The van der Waals surface area contributed by atoms with Crippen LogP contribution in [0.3, 0.4) is 0 Å². The highest BCUT2D eigenvalue weighted by atomic mass is 127. The number of hydrogen-bond acceptors (Lipinski definition) is 3. The molecule has 150 valence electrons. The van der Waals surface area contributed by atoms with Crippen LogP contribution < -0.4 is 10.1 Å². The summed E-state index contributed by atoms with van der Waals surface area (Å²) < 4.78 is 5.74. The maximum absolute atomic E-state index is 5.74. The molecule has 0 aliphatic carbocycles. The first-order valence-electron chi connectivity index (χ1n) is 9.38. The van der Waals surface area contributed by atoms with E-state index in [1.165, 1.54) is 38.6 Å². The van der Waals surface area contributed by atoms with Crippen molar-refractivity contribution in [3.63, 3.8) is 0 Å². The van der Waals surface area contributed by atoms with Crippen molar-refractivity contribution in [3.8, 4) is 5.75 Å². The Morgan fingerprint density at radius 3 is 2.27 bits per heavy atom. The third-order valence-corrected chi connectivity index (χ3v) is 4.08. The molecule has 0 bridgehead atoms. The monoisotopic (exact) mass is 476 g/mol. The highest BCUT2D eigenvalue weighted by molar-refractivity contribution is 14.0. The van der Waals surface area contributed by atoms with Crippen molar-refractivity contribution in [2.24, 2.45) is 4.99 Å². The summed E-state index contributed by atoms with van der Waals surface area (Å²) in [6, 6.07) is 9.92. The molecule has 0 aliphatic rings. The first-order chi connectivity index (χ1) is 12.1. The van der Waals surface area contributed by atoms with Gasteiger partial charge in [-0.2, -0.15) is 0 Å². The lowest BCUT2D eigenvalue weighted by Gasteiger charge is -2.22. The van der Waals surface area contributed by atoms with Crippen molar-refractivity contribution in [1.29, 1.82) is 0 Å². The van der Waals surface area contributed by atoms with Crippen LogP contribution in [0.4, 0.5) is 0 Å². The number of aliphatic imine (C=N–C) groups is 1. The predicted molar refractivity (Wildman–Crippen MR) is 123 cm³/mol. The van der Waals surface area contributed by atoms with E-state index in [-0.39, 0.29) is 24.0 Å². The van der Waals surface area contributed by atoms with E-state index in [0.29, 0.717) is 6.61 Å². The molecule has 0 aliphatic heterocycles. The average Bonchev–Trinajstić information content (AvgIpc) is 2.61. The molecule has 0 heterocycles. The number of rotatable bonds is 12. The molecule has 0 spiro atoms. The topological polar surface area (TPSA) is 40.1 Å². The van der Waals surface area contributed by atoms with Crippen molar-refractivity contribution < 1.29 is 4.74 Å². The minimum atomic E-state index is 0. The minimum absolute atomic E-state index is 0. The van der Waals surface area contributed by atoms with E-state index in [0.717, 1.165) is 24.8 Å². The van der Waals surface area contributed by atoms with Gasteiger partial charge in [0.25, 0.3) is 0 Å².